The van der Waals surface area contributed by atoms with Crippen molar-refractivity contribution >= 4 is 11.6 Å². The second-order valence-corrected chi connectivity index (χ2v) is 9.69. The number of nitrogens with zero attached hydrogens (tertiary/aromatic N) is 3. The molecule has 6 heteroatoms. The van der Waals surface area contributed by atoms with Gasteiger partial charge in [-0.2, -0.15) is 0 Å². The van der Waals surface area contributed by atoms with Crippen LogP contribution in [0.15, 0.2) is 91.3 Å². The number of carbonyl (C=O) groups is 1. The van der Waals surface area contributed by atoms with Gasteiger partial charge < -0.3 is 15.0 Å². The molecule has 0 spiro atoms. The molecule has 0 radical (unpaired) electrons. The lowest BCUT2D eigenvalue weighted by Gasteiger charge is -2.32. The summed E-state index contributed by atoms with van der Waals surface area (Å²) < 4.78 is 6.40. The molecule has 188 valence electrons. The number of amides is 1. The van der Waals surface area contributed by atoms with Crippen molar-refractivity contribution < 1.29 is 9.53 Å². The van der Waals surface area contributed by atoms with E-state index in [1.54, 1.807) is 12.4 Å². The van der Waals surface area contributed by atoms with Crippen LogP contribution in [0, 0.1) is 0 Å². The van der Waals surface area contributed by atoms with Gasteiger partial charge in [-0.3, -0.25) is 4.79 Å². The molecule has 3 aromatic carbocycles. The number of hydrogen-bond donors (Lipinski definition) is 1. The van der Waals surface area contributed by atoms with Crippen LogP contribution in [0.3, 0.4) is 0 Å². The molecule has 0 saturated heterocycles. The topological polar surface area (TPSA) is 67.4 Å². The van der Waals surface area contributed by atoms with Crippen molar-refractivity contribution in [1.29, 1.82) is 0 Å². The Morgan fingerprint density at radius 2 is 1.62 bits per heavy atom. The Bertz CT molecular complexity index is 1340. The summed E-state index contributed by atoms with van der Waals surface area (Å²) in [4.78, 5) is 24.9. The first-order valence-electron chi connectivity index (χ1n) is 12.8. The number of nitrogens with one attached hydrogen (secondary N) is 1. The van der Waals surface area contributed by atoms with E-state index in [1.807, 2.05) is 67.3 Å². The minimum atomic E-state index is -0.209. The van der Waals surface area contributed by atoms with Gasteiger partial charge in [-0.05, 0) is 29.7 Å². The maximum Gasteiger partial charge on any atom is 0.257 e. The van der Waals surface area contributed by atoms with Gasteiger partial charge in [-0.1, -0.05) is 80.6 Å². The van der Waals surface area contributed by atoms with E-state index in [0.29, 0.717) is 31.7 Å². The number of benzene rings is 3. The largest absolute Gasteiger partial charge is 0.491 e. The van der Waals surface area contributed by atoms with Crippen LogP contribution in [0.2, 0.25) is 0 Å². The monoisotopic (exact) mass is 492 g/mol. The second-order valence-electron chi connectivity index (χ2n) is 9.69. The van der Waals surface area contributed by atoms with Gasteiger partial charge in [0.2, 0.25) is 0 Å². The Morgan fingerprint density at radius 3 is 2.38 bits per heavy atom. The lowest BCUT2D eigenvalue weighted by molar-refractivity contribution is 0.0590. The van der Waals surface area contributed by atoms with Gasteiger partial charge in [0.25, 0.3) is 5.91 Å². The average Bonchev–Trinajstić information content (AvgIpc) is 2.96. The number of carbonyl (C=O) groups excluding carboxylic acids is 1. The van der Waals surface area contributed by atoms with Gasteiger partial charge in [0.15, 0.2) is 0 Å². The molecule has 37 heavy (non-hydrogen) atoms. The minimum absolute atomic E-state index is 0.109. The van der Waals surface area contributed by atoms with Crippen molar-refractivity contribution in [2.75, 3.05) is 11.9 Å². The summed E-state index contributed by atoms with van der Waals surface area (Å²) in [5.74, 6) is 1.63. The van der Waals surface area contributed by atoms with E-state index in [2.05, 4.69) is 45.6 Å². The summed E-state index contributed by atoms with van der Waals surface area (Å²) in [5.41, 5.74) is 4.75. The lowest BCUT2D eigenvalue weighted by Crippen LogP contribution is -2.44. The maximum absolute atomic E-state index is 14.1. The Morgan fingerprint density at radius 1 is 0.946 bits per heavy atom. The van der Waals surface area contributed by atoms with Crippen LogP contribution in [0.4, 0.5) is 5.69 Å². The number of para-hydroxylation sites is 2. The molecule has 1 aliphatic rings. The van der Waals surface area contributed by atoms with Crippen LogP contribution in [0.5, 0.6) is 5.75 Å². The molecule has 0 bridgehead atoms. The number of fused-ring (bicyclic) bond motifs is 2. The zero-order chi connectivity index (χ0) is 25.6. The van der Waals surface area contributed by atoms with Crippen molar-refractivity contribution in [2.24, 2.45) is 0 Å². The molecule has 6 nitrogen and oxygen atoms in total. The third-order valence-electron chi connectivity index (χ3n) is 6.68. The minimum Gasteiger partial charge on any atom is -0.491 e. The molecule has 0 fully saturated rings. The Labute approximate surface area is 218 Å². The van der Waals surface area contributed by atoms with Gasteiger partial charge in [0.05, 0.1) is 11.6 Å². The third kappa shape index (κ3) is 5.80. The van der Waals surface area contributed by atoms with E-state index in [4.69, 9.17) is 4.74 Å². The predicted molar refractivity (Wildman–Crippen MR) is 146 cm³/mol. The molecule has 2 heterocycles. The molecular formula is C31H32N4O2. The van der Waals surface area contributed by atoms with Gasteiger partial charge in [-0.15, -0.1) is 0 Å². The number of ether oxygens (including phenoxy) is 1. The van der Waals surface area contributed by atoms with Crippen LogP contribution < -0.4 is 10.1 Å². The van der Waals surface area contributed by atoms with Gasteiger partial charge >= 0.3 is 0 Å². The van der Waals surface area contributed by atoms with Crippen molar-refractivity contribution in [3.8, 4) is 5.75 Å². The SMILES string of the molecule is CC(C)c1ncc(C(=O)N2Cc3ccccc3NCc3ccccc3OC[C@@H]2Cc2ccccc2)cn1. The van der Waals surface area contributed by atoms with Crippen LogP contribution in [-0.2, 0) is 19.5 Å². The molecule has 0 unspecified atom stereocenters. The zero-order valence-corrected chi connectivity index (χ0v) is 21.3. The fourth-order valence-corrected chi connectivity index (χ4v) is 4.61. The van der Waals surface area contributed by atoms with Gasteiger partial charge in [0.1, 0.15) is 18.2 Å². The average molecular weight is 493 g/mol. The fraction of sp³-hybridized carbons (Fsp3) is 0.258. The van der Waals surface area contributed by atoms with E-state index in [9.17, 15) is 4.79 Å². The van der Waals surface area contributed by atoms with Crippen molar-refractivity contribution in [3.63, 3.8) is 0 Å². The summed E-state index contributed by atoms with van der Waals surface area (Å²) in [6, 6.07) is 26.3. The van der Waals surface area contributed by atoms with Crippen LogP contribution in [0.25, 0.3) is 0 Å². The maximum atomic E-state index is 14.1. The molecule has 0 aliphatic carbocycles. The quantitative estimate of drug-likeness (QED) is 0.387. The Hall–Kier alpha value is -4.19. The highest BCUT2D eigenvalue weighted by molar-refractivity contribution is 5.94. The first-order valence-corrected chi connectivity index (χ1v) is 12.8. The molecular weight excluding hydrogens is 460 g/mol. The van der Waals surface area contributed by atoms with E-state index >= 15 is 0 Å². The first-order chi connectivity index (χ1) is 18.1. The number of rotatable bonds is 4. The molecule has 4 aromatic rings. The van der Waals surface area contributed by atoms with Crippen molar-refractivity contribution in [1.82, 2.24) is 14.9 Å². The molecule has 5 rings (SSSR count). The first kappa shape index (κ1) is 24.5. The summed E-state index contributed by atoms with van der Waals surface area (Å²) in [6.45, 7) is 5.52. The molecule has 1 atom stereocenters. The normalized spacial score (nSPS) is 15.5. The van der Waals surface area contributed by atoms with Gasteiger partial charge in [-0.25, -0.2) is 9.97 Å². The van der Waals surface area contributed by atoms with Crippen molar-refractivity contribution in [3.05, 3.63) is 119 Å². The molecule has 0 saturated carbocycles. The zero-order valence-electron chi connectivity index (χ0n) is 21.3. The van der Waals surface area contributed by atoms with E-state index in [-0.39, 0.29) is 17.9 Å². The summed E-state index contributed by atoms with van der Waals surface area (Å²) in [6.07, 6.45) is 3.96. The standard InChI is InChI=1S/C31H32N4O2/c1-22(2)30-33-18-26(19-34-30)31(36)35-20-25-13-6-8-14-28(25)32-17-24-12-7-9-15-29(24)37-21-27(35)16-23-10-4-3-5-11-23/h3-15,18-19,22,27,32H,16-17,20-21H2,1-2H3/t27-/m0/s1. The highest BCUT2D eigenvalue weighted by atomic mass is 16.5. The number of hydrogen-bond acceptors (Lipinski definition) is 5. The van der Waals surface area contributed by atoms with Crippen LogP contribution in [0.1, 0.15) is 52.6 Å². The van der Waals surface area contributed by atoms with Gasteiger partial charge in [0, 0.05) is 42.7 Å². The van der Waals surface area contributed by atoms with Crippen LogP contribution >= 0.6 is 0 Å². The van der Waals surface area contributed by atoms with E-state index in [1.165, 1.54) is 0 Å². The summed E-state index contributed by atoms with van der Waals surface area (Å²) >= 11 is 0. The lowest BCUT2D eigenvalue weighted by atomic mass is 10.0. The summed E-state index contributed by atoms with van der Waals surface area (Å²) in [5, 5.41) is 3.56. The van der Waals surface area contributed by atoms with Crippen LogP contribution in [-0.4, -0.2) is 33.4 Å². The molecule has 1 aliphatic heterocycles. The second kappa shape index (κ2) is 11.2. The Kier molecular flexibility index (Phi) is 7.45. The molecule has 1 amide bonds. The highest BCUT2D eigenvalue weighted by Crippen LogP contribution is 2.27. The molecule has 1 N–H and O–H groups in total. The van der Waals surface area contributed by atoms with Crippen molar-refractivity contribution in [2.45, 2.75) is 45.3 Å². The predicted octanol–water partition coefficient (Wildman–Crippen LogP) is 5.86. The van der Waals surface area contributed by atoms with E-state index in [0.717, 1.165) is 34.0 Å². The number of anilines is 1. The highest BCUT2D eigenvalue weighted by Gasteiger charge is 2.28. The fourth-order valence-electron chi connectivity index (χ4n) is 4.61. The Balaban J connectivity index is 1.57. The van der Waals surface area contributed by atoms with E-state index < -0.39 is 0 Å². The third-order valence-corrected chi connectivity index (χ3v) is 6.68. The number of aromatic nitrogens is 2. The summed E-state index contributed by atoms with van der Waals surface area (Å²) in [7, 11) is 0. The molecule has 1 aromatic heterocycles. The smallest absolute Gasteiger partial charge is 0.257 e.